The Morgan fingerprint density at radius 1 is 0.294 bits per heavy atom. The third-order valence-electron chi connectivity index (χ3n) is 10.9. The lowest BCUT2D eigenvalue weighted by molar-refractivity contribution is 1.16. The van der Waals surface area contributed by atoms with Gasteiger partial charge < -0.3 is 9.13 Å². The van der Waals surface area contributed by atoms with Gasteiger partial charge in [-0.2, -0.15) is 0 Å². The molecule has 2 heterocycles. The molecular formula is C49H32N2. The summed E-state index contributed by atoms with van der Waals surface area (Å²) in [7, 11) is 0. The van der Waals surface area contributed by atoms with E-state index in [9.17, 15) is 0 Å². The Morgan fingerprint density at radius 2 is 0.784 bits per heavy atom. The summed E-state index contributed by atoms with van der Waals surface area (Å²) in [5.41, 5.74) is 17.7. The molecular weight excluding hydrogens is 617 g/mol. The molecule has 0 unspecified atom stereocenters. The van der Waals surface area contributed by atoms with Gasteiger partial charge in [0.15, 0.2) is 0 Å². The van der Waals surface area contributed by atoms with Gasteiger partial charge in [-0.3, -0.25) is 0 Å². The number of benzene rings is 8. The molecule has 0 saturated heterocycles. The van der Waals surface area contributed by atoms with Crippen LogP contribution in [0.2, 0.25) is 0 Å². The van der Waals surface area contributed by atoms with Crippen molar-refractivity contribution in [2.45, 2.75) is 6.42 Å². The first kappa shape index (κ1) is 28.2. The van der Waals surface area contributed by atoms with Gasteiger partial charge in [0.1, 0.15) is 0 Å². The highest BCUT2D eigenvalue weighted by atomic mass is 15.0. The second-order valence-corrected chi connectivity index (χ2v) is 13.8. The summed E-state index contributed by atoms with van der Waals surface area (Å²) in [6.07, 6.45) is 0.985. The van der Waals surface area contributed by atoms with Gasteiger partial charge in [-0.25, -0.2) is 0 Å². The lowest BCUT2D eigenvalue weighted by Gasteiger charge is -2.11. The number of hydrogen-bond acceptors (Lipinski definition) is 0. The van der Waals surface area contributed by atoms with Crippen LogP contribution in [0.15, 0.2) is 182 Å². The van der Waals surface area contributed by atoms with Crippen LogP contribution in [0, 0.1) is 0 Å². The van der Waals surface area contributed by atoms with E-state index in [-0.39, 0.29) is 0 Å². The van der Waals surface area contributed by atoms with Crippen molar-refractivity contribution in [3.05, 3.63) is 193 Å². The summed E-state index contributed by atoms with van der Waals surface area (Å²) in [5, 5.41) is 5.07. The molecule has 10 aromatic rings. The monoisotopic (exact) mass is 648 g/mol. The standard InChI is InChI=1S/C49H32N2/c1-2-10-32(11-3-1)33-18-22-38(23-19-33)50-46-16-8-6-14-42(46)44-30-34(20-26-48(44)50)35-21-27-49-45(31-35)43-15-7-9-17-47(43)51(49)39-24-25-41-37(29-39)28-36-12-4-5-13-40(36)41/h1-27,29-31H,28H2. The van der Waals surface area contributed by atoms with Crippen molar-refractivity contribution in [1.82, 2.24) is 9.13 Å². The maximum absolute atomic E-state index is 2.44. The smallest absolute Gasteiger partial charge is 0.0541 e. The second kappa shape index (κ2) is 10.9. The zero-order chi connectivity index (χ0) is 33.5. The first-order chi connectivity index (χ1) is 25.3. The van der Waals surface area contributed by atoms with E-state index in [1.807, 2.05) is 0 Å². The third-order valence-corrected chi connectivity index (χ3v) is 10.9. The van der Waals surface area contributed by atoms with E-state index in [0.29, 0.717) is 0 Å². The van der Waals surface area contributed by atoms with Gasteiger partial charge in [-0.15, -0.1) is 0 Å². The summed E-state index contributed by atoms with van der Waals surface area (Å²) in [6, 6.07) is 66.9. The van der Waals surface area contributed by atoms with Gasteiger partial charge in [0, 0.05) is 32.9 Å². The second-order valence-electron chi connectivity index (χ2n) is 13.8. The Kier molecular flexibility index (Phi) is 6.05. The lowest BCUT2D eigenvalue weighted by Crippen LogP contribution is -1.95. The van der Waals surface area contributed by atoms with Crippen molar-refractivity contribution >= 4 is 43.6 Å². The number of hydrogen-bond donors (Lipinski definition) is 0. The van der Waals surface area contributed by atoms with Crippen molar-refractivity contribution in [2.75, 3.05) is 0 Å². The molecule has 238 valence electrons. The first-order valence-corrected chi connectivity index (χ1v) is 17.7. The minimum absolute atomic E-state index is 0.985. The molecule has 0 fully saturated rings. The molecule has 0 radical (unpaired) electrons. The average Bonchev–Trinajstić information content (AvgIpc) is 3.85. The summed E-state index contributed by atoms with van der Waals surface area (Å²) < 4.78 is 4.84. The van der Waals surface area contributed by atoms with Crippen LogP contribution in [0.5, 0.6) is 0 Å². The molecule has 0 atom stereocenters. The minimum atomic E-state index is 0.985. The van der Waals surface area contributed by atoms with Crippen LogP contribution in [0.4, 0.5) is 0 Å². The van der Waals surface area contributed by atoms with E-state index < -0.39 is 0 Å². The zero-order valence-electron chi connectivity index (χ0n) is 27.9. The molecule has 0 aliphatic heterocycles. The average molecular weight is 649 g/mol. The van der Waals surface area contributed by atoms with E-state index in [2.05, 4.69) is 191 Å². The minimum Gasteiger partial charge on any atom is -0.309 e. The highest BCUT2D eigenvalue weighted by molar-refractivity contribution is 6.12. The Labute approximate surface area is 296 Å². The van der Waals surface area contributed by atoms with Crippen LogP contribution in [0.3, 0.4) is 0 Å². The normalized spacial score (nSPS) is 12.2. The molecule has 0 amide bonds. The molecule has 0 saturated carbocycles. The highest BCUT2D eigenvalue weighted by Gasteiger charge is 2.20. The maximum atomic E-state index is 2.44. The van der Waals surface area contributed by atoms with Crippen LogP contribution >= 0.6 is 0 Å². The van der Waals surface area contributed by atoms with Crippen molar-refractivity contribution in [3.63, 3.8) is 0 Å². The first-order valence-electron chi connectivity index (χ1n) is 17.7. The summed E-state index contributed by atoms with van der Waals surface area (Å²) in [6.45, 7) is 0. The van der Waals surface area contributed by atoms with Gasteiger partial charge >= 0.3 is 0 Å². The SMILES string of the molecule is c1ccc(-c2ccc(-n3c4ccccc4c4cc(-c5ccc6c(c5)c5ccccc5n6-c5ccc6c(c5)Cc5ccccc5-6)ccc43)cc2)cc1. The maximum Gasteiger partial charge on any atom is 0.0541 e. The highest BCUT2D eigenvalue weighted by Crippen LogP contribution is 2.41. The van der Waals surface area contributed by atoms with Crippen molar-refractivity contribution < 1.29 is 0 Å². The number of para-hydroxylation sites is 2. The fraction of sp³-hybridized carbons (Fsp3) is 0.0204. The molecule has 1 aliphatic rings. The predicted octanol–water partition coefficient (Wildman–Crippen LogP) is 12.8. The summed E-state index contributed by atoms with van der Waals surface area (Å²) in [5.74, 6) is 0. The fourth-order valence-electron chi connectivity index (χ4n) is 8.57. The van der Waals surface area contributed by atoms with E-state index in [1.54, 1.807) is 0 Å². The van der Waals surface area contributed by atoms with Crippen LogP contribution in [0.1, 0.15) is 11.1 Å². The largest absolute Gasteiger partial charge is 0.309 e. The van der Waals surface area contributed by atoms with Gasteiger partial charge in [-0.05, 0) is 112 Å². The number of nitrogens with zero attached hydrogens (tertiary/aromatic N) is 2. The van der Waals surface area contributed by atoms with Gasteiger partial charge in [0.2, 0.25) is 0 Å². The van der Waals surface area contributed by atoms with Crippen molar-refractivity contribution in [3.8, 4) is 44.8 Å². The van der Waals surface area contributed by atoms with Gasteiger partial charge in [0.05, 0.1) is 22.1 Å². The predicted molar refractivity (Wildman–Crippen MR) is 214 cm³/mol. The number of aromatic nitrogens is 2. The molecule has 2 heteroatoms. The van der Waals surface area contributed by atoms with E-state index in [0.717, 1.165) is 6.42 Å². The van der Waals surface area contributed by atoms with Crippen LogP contribution < -0.4 is 0 Å². The molecule has 51 heavy (non-hydrogen) atoms. The number of rotatable bonds is 4. The van der Waals surface area contributed by atoms with E-state index >= 15 is 0 Å². The summed E-state index contributed by atoms with van der Waals surface area (Å²) >= 11 is 0. The molecule has 11 rings (SSSR count). The molecule has 0 N–H and O–H groups in total. The van der Waals surface area contributed by atoms with Crippen LogP contribution in [-0.4, -0.2) is 9.13 Å². The zero-order valence-corrected chi connectivity index (χ0v) is 27.9. The topological polar surface area (TPSA) is 9.86 Å². The van der Waals surface area contributed by atoms with E-state index in [1.165, 1.54) is 99.5 Å². The van der Waals surface area contributed by atoms with Crippen LogP contribution in [-0.2, 0) is 6.42 Å². The third kappa shape index (κ3) is 4.30. The molecule has 2 nitrogen and oxygen atoms in total. The molecule has 8 aromatic carbocycles. The Balaban J connectivity index is 1.03. The lowest BCUT2D eigenvalue weighted by atomic mass is 10.0. The van der Waals surface area contributed by atoms with Gasteiger partial charge in [-0.1, -0.05) is 121 Å². The summed E-state index contributed by atoms with van der Waals surface area (Å²) in [4.78, 5) is 0. The molecule has 0 spiro atoms. The quantitative estimate of drug-likeness (QED) is 0.180. The molecule has 0 bridgehead atoms. The van der Waals surface area contributed by atoms with Crippen LogP contribution in [0.25, 0.3) is 88.4 Å². The Bertz CT molecular complexity index is 2980. The van der Waals surface area contributed by atoms with Gasteiger partial charge in [0.25, 0.3) is 0 Å². The van der Waals surface area contributed by atoms with Crippen molar-refractivity contribution in [1.29, 1.82) is 0 Å². The molecule has 2 aromatic heterocycles. The van der Waals surface area contributed by atoms with E-state index in [4.69, 9.17) is 0 Å². The molecule has 1 aliphatic carbocycles. The Morgan fingerprint density at radius 3 is 1.47 bits per heavy atom. The fourth-order valence-corrected chi connectivity index (χ4v) is 8.57. The Hall–Kier alpha value is -6.64. The number of fused-ring (bicyclic) bond motifs is 9. The van der Waals surface area contributed by atoms with Crippen molar-refractivity contribution in [2.24, 2.45) is 0 Å².